The summed E-state index contributed by atoms with van der Waals surface area (Å²) in [5.41, 5.74) is 1.12. The molecule has 0 aliphatic heterocycles. The largest absolute Gasteiger partial charge is 0.478 e. The molecule has 0 aliphatic carbocycles. The lowest BCUT2D eigenvalue weighted by Crippen LogP contribution is -2.16. The predicted molar refractivity (Wildman–Crippen MR) is 159 cm³/mol. The number of H-pyrrole nitrogens is 1. The quantitative estimate of drug-likeness (QED) is 0.107. The highest BCUT2D eigenvalue weighted by Gasteiger charge is 2.27. The van der Waals surface area contributed by atoms with Gasteiger partial charge in [-0.25, -0.2) is 23.1 Å². The van der Waals surface area contributed by atoms with E-state index in [1.54, 1.807) is 42.9 Å². The van der Waals surface area contributed by atoms with Crippen molar-refractivity contribution in [2.24, 2.45) is 0 Å². The van der Waals surface area contributed by atoms with Gasteiger partial charge in [0.1, 0.15) is 40.3 Å². The maximum atomic E-state index is 15.6. The Morgan fingerprint density at radius 3 is 2.57 bits per heavy atom. The minimum atomic E-state index is -1.03. The van der Waals surface area contributed by atoms with Crippen molar-refractivity contribution < 1.29 is 22.7 Å². The third kappa shape index (κ3) is 6.42. The van der Waals surface area contributed by atoms with Crippen LogP contribution in [-0.4, -0.2) is 59.1 Å². The van der Waals surface area contributed by atoms with E-state index in [2.05, 4.69) is 24.6 Å². The number of halogens is 3. The first-order chi connectivity index (χ1) is 20.2. The fourth-order valence-electron chi connectivity index (χ4n) is 4.40. The summed E-state index contributed by atoms with van der Waals surface area (Å²) in [6.07, 6.45) is 7.27. The smallest absolute Gasteiger partial charge is 0.213 e. The number of pyridine rings is 2. The lowest BCUT2D eigenvalue weighted by molar-refractivity contribution is 0.103. The van der Waals surface area contributed by atoms with Crippen LogP contribution in [0.15, 0.2) is 78.1 Å². The average Bonchev–Trinajstić information content (AvgIpc) is 3.40. The van der Waals surface area contributed by atoms with Gasteiger partial charge in [-0.15, -0.1) is 0 Å². The SMILES string of the molecule is CN(C)CCCOc1ccc(-c2cnc3[nH]cc(C(=O)c4c(F)ccc(N[S+](C)c5cccc(F)c5)c4F)c3c2)cn1. The van der Waals surface area contributed by atoms with E-state index < -0.39 is 39.9 Å². The van der Waals surface area contributed by atoms with Gasteiger partial charge >= 0.3 is 0 Å². The molecule has 11 heteroatoms. The zero-order valence-electron chi connectivity index (χ0n) is 23.2. The first-order valence-electron chi connectivity index (χ1n) is 13.1. The first kappa shape index (κ1) is 29.2. The van der Waals surface area contributed by atoms with Crippen molar-refractivity contribution in [1.29, 1.82) is 0 Å². The summed E-state index contributed by atoms with van der Waals surface area (Å²) in [6, 6.07) is 13.5. The molecule has 2 aromatic carbocycles. The van der Waals surface area contributed by atoms with Gasteiger partial charge in [0.2, 0.25) is 11.7 Å². The van der Waals surface area contributed by atoms with E-state index >= 15 is 4.39 Å². The van der Waals surface area contributed by atoms with Gasteiger partial charge < -0.3 is 14.6 Å². The number of hydrogen-bond donors (Lipinski definition) is 2. The van der Waals surface area contributed by atoms with Crippen LogP contribution in [0.25, 0.3) is 22.2 Å². The average molecular weight is 593 g/mol. The fraction of sp³-hybridized carbons (Fsp3) is 0.194. The molecule has 0 bridgehead atoms. The number of carbonyl (C=O) groups is 1. The third-order valence-corrected chi connectivity index (χ3v) is 8.06. The molecule has 0 saturated heterocycles. The Balaban J connectivity index is 1.39. The molecule has 0 amide bonds. The van der Waals surface area contributed by atoms with Gasteiger partial charge in [-0.3, -0.25) is 4.79 Å². The molecule has 2 N–H and O–H groups in total. The normalized spacial score (nSPS) is 12.1. The van der Waals surface area contributed by atoms with Gasteiger partial charge in [0.25, 0.3) is 0 Å². The Labute approximate surface area is 244 Å². The maximum absolute atomic E-state index is 15.6. The molecule has 216 valence electrons. The van der Waals surface area contributed by atoms with Gasteiger partial charge in [0.15, 0.2) is 10.7 Å². The second kappa shape index (κ2) is 12.7. The van der Waals surface area contributed by atoms with E-state index in [0.717, 1.165) is 24.6 Å². The van der Waals surface area contributed by atoms with Crippen LogP contribution >= 0.6 is 0 Å². The van der Waals surface area contributed by atoms with E-state index in [1.807, 2.05) is 20.2 Å². The molecule has 5 rings (SSSR count). The Kier molecular flexibility index (Phi) is 8.79. The molecular formula is C31H29F3N5O2S+. The number of benzene rings is 2. The van der Waals surface area contributed by atoms with Gasteiger partial charge in [0, 0.05) is 59.3 Å². The van der Waals surface area contributed by atoms with Crippen LogP contribution in [0.1, 0.15) is 22.3 Å². The molecule has 1 unspecified atom stereocenters. The minimum Gasteiger partial charge on any atom is -0.478 e. The van der Waals surface area contributed by atoms with Crippen LogP contribution < -0.4 is 9.46 Å². The molecule has 0 saturated carbocycles. The summed E-state index contributed by atoms with van der Waals surface area (Å²) in [7, 11) is 4.00. The summed E-state index contributed by atoms with van der Waals surface area (Å²) in [4.78, 5) is 27.9. The molecule has 42 heavy (non-hydrogen) atoms. The topological polar surface area (TPSA) is 83.1 Å². The van der Waals surface area contributed by atoms with E-state index in [0.29, 0.717) is 34.0 Å². The van der Waals surface area contributed by atoms with Gasteiger partial charge in [-0.2, -0.15) is 4.72 Å². The summed E-state index contributed by atoms with van der Waals surface area (Å²) in [5.74, 6) is -2.78. The number of ketones is 1. The second-order valence-corrected chi connectivity index (χ2v) is 11.6. The number of fused-ring (bicyclic) bond motifs is 1. The van der Waals surface area contributed by atoms with Crippen molar-refractivity contribution in [3.63, 3.8) is 0 Å². The second-order valence-electron chi connectivity index (χ2n) is 9.90. The number of carbonyl (C=O) groups excluding carboxylic acids is 1. The lowest BCUT2D eigenvalue weighted by Gasteiger charge is -2.11. The highest BCUT2D eigenvalue weighted by molar-refractivity contribution is 7.97. The molecule has 0 fully saturated rings. The van der Waals surface area contributed by atoms with Gasteiger partial charge in [0.05, 0.1) is 12.2 Å². The zero-order valence-corrected chi connectivity index (χ0v) is 24.1. The van der Waals surface area contributed by atoms with Crippen molar-refractivity contribution in [3.05, 3.63) is 102 Å². The monoisotopic (exact) mass is 592 g/mol. The van der Waals surface area contributed by atoms with Crippen molar-refractivity contribution in [2.75, 3.05) is 38.2 Å². The molecule has 7 nitrogen and oxygen atoms in total. The highest BCUT2D eigenvalue weighted by Crippen LogP contribution is 2.30. The number of nitrogens with zero attached hydrogens (tertiary/aromatic N) is 3. The molecule has 1 atom stereocenters. The standard InChI is InChI=1S/C31H28F3N5O2S/c1-39(2)12-5-13-41-27-11-8-19(16-35-27)20-14-23-24(18-37-31(23)36-17-20)30(40)28-25(33)9-10-26(29(28)34)38-42(3)22-7-4-6-21(32)15-22/h4,6-11,14-18,38H,5,12-13H2,1-3H3/p+1. The Hall–Kier alpha value is -4.35. The van der Waals surface area contributed by atoms with Gasteiger partial charge in [-0.1, -0.05) is 6.07 Å². The molecule has 0 radical (unpaired) electrons. The number of aromatic amines is 1. The molecule has 0 aliphatic rings. The van der Waals surface area contributed by atoms with E-state index in [4.69, 9.17) is 4.74 Å². The molecular weight excluding hydrogens is 563 g/mol. The fourth-order valence-corrected chi connectivity index (χ4v) is 5.58. The minimum absolute atomic E-state index is 0.0661. The number of rotatable bonds is 11. The van der Waals surface area contributed by atoms with Crippen LogP contribution in [0.4, 0.5) is 18.9 Å². The van der Waals surface area contributed by atoms with Crippen LogP contribution in [0.3, 0.4) is 0 Å². The Bertz CT molecular complexity index is 1730. The van der Waals surface area contributed by atoms with E-state index in [-0.39, 0.29) is 11.3 Å². The van der Waals surface area contributed by atoms with Crippen molar-refractivity contribution >= 4 is 33.6 Å². The molecule has 3 aromatic heterocycles. The maximum Gasteiger partial charge on any atom is 0.213 e. The molecule has 0 spiro atoms. The number of nitrogens with one attached hydrogen (secondary N) is 2. The van der Waals surface area contributed by atoms with Crippen LogP contribution in [-0.2, 0) is 11.1 Å². The zero-order chi connectivity index (χ0) is 29.8. The van der Waals surface area contributed by atoms with Crippen molar-refractivity contribution in [2.45, 2.75) is 11.3 Å². The first-order valence-corrected chi connectivity index (χ1v) is 14.8. The Morgan fingerprint density at radius 2 is 1.83 bits per heavy atom. The summed E-state index contributed by atoms with van der Waals surface area (Å²) >= 11 is -0.820. The van der Waals surface area contributed by atoms with E-state index in [1.165, 1.54) is 24.4 Å². The number of anilines is 1. The van der Waals surface area contributed by atoms with Crippen LogP contribution in [0.2, 0.25) is 0 Å². The summed E-state index contributed by atoms with van der Waals surface area (Å²) < 4.78 is 52.9. The number of hydrogen-bond acceptors (Lipinski definition) is 6. The van der Waals surface area contributed by atoms with Crippen LogP contribution in [0.5, 0.6) is 5.88 Å². The third-order valence-electron chi connectivity index (χ3n) is 6.58. The highest BCUT2D eigenvalue weighted by atomic mass is 32.2. The molecule has 5 aromatic rings. The number of aromatic nitrogens is 3. The lowest BCUT2D eigenvalue weighted by atomic mass is 10.00. The van der Waals surface area contributed by atoms with Crippen LogP contribution in [0, 0.1) is 17.5 Å². The predicted octanol–water partition coefficient (Wildman–Crippen LogP) is 6.24. The Morgan fingerprint density at radius 1 is 1.02 bits per heavy atom. The number of ether oxygens (including phenoxy) is 1. The summed E-state index contributed by atoms with van der Waals surface area (Å²) in [5, 5.41) is 0.411. The van der Waals surface area contributed by atoms with Gasteiger partial charge in [-0.05, 0) is 56.9 Å². The van der Waals surface area contributed by atoms with Crippen molar-refractivity contribution in [3.8, 4) is 17.0 Å². The molecule has 3 heterocycles. The summed E-state index contributed by atoms with van der Waals surface area (Å²) in [6.45, 7) is 1.45. The van der Waals surface area contributed by atoms with Crippen molar-refractivity contribution in [1.82, 2.24) is 19.9 Å². The van der Waals surface area contributed by atoms with E-state index in [9.17, 15) is 13.6 Å².